The zero-order chi connectivity index (χ0) is 19.2. The van der Waals surface area contributed by atoms with Crippen molar-refractivity contribution < 1.29 is 4.74 Å². The van der Waals surface area contributed by atoms with Crippen LogP contribution >= 0.6 is 0 Å². The minimum Gasteiger partial charge on any atom is -0.493 e. The van der Waals surface area contributed by atoms with Crippen LogP contribution in [0.2, 0.25) is 0 Å². The zero-order valence-corrected chi connectivity index (χ0v) is 16.7. The molecule has 0 aromatic heterocycles. The van der Waals surface area contributed by atoms with Gasteiger partial charge in [0.2, 0.25) is 0 Å². The summed E-state index contributed by atoms with van der Waals surface area (Å²) < 4.78 is 5.58. The second-order valence-corrected chi connectivity index (χ2v) is 7.61. The molecule has 5 heteroatoms. The molecule has 2 heterocycles. The van der Waals surface area contributed by atoms with E-state index in [4.69, 9.17) is 4.74 Å². The molecule has 2 aliphatic heterocycles. The molecule has 1 atom stereocenters. The number of aliphatic imine (C=N–C) groups is 1. The summed E-state index contributed by atoms with van der Waals surface area (Å²) in [6, 6.07) is 17.2. The van der Waals surface area contributed by atoms with Crippen molar-refractivity contribution in [1.82, 2.24) is 10.6 Å². The Morgan fingerprint density at radius 3 is 2.93 bits per heavy atom. The molecule has 2 N–H and O–H groups in total. The van der Waals surface area contributed by atoms with E-state index in [2.05, 4.69) is 69.1 Å². The Labute approximate surface area is 167 Å². The van der Waals surface area contributed by atoms with Gasteiger partial charge in [0.25, 0.3) is 0 Å². The van der Waals surface area contributed by atoms with Gasteiger partial charge in [-0.05, 0) is 48.1 Å². The van der Waals surface area contributed by atoms with Crippen LogP contribution in [0.3, 0.4) is 0 Å². The number of anilines is 1. The lowest BCUT2D eigenvalue weighted by Gasteiger charge is -2.19. The third kappa shape index (κ3) is 4.58. The molecule has 148 valence electrons. The predicted molar refractivity (Wildman–Crippen MR) is 115 cm³/mol. The molecule has 0 radical (unpaired) electrons. The fourth-order valence-electron chi connectivity index (χ4n) is 4.05. The molecule has 0 bridgehead atoms. The smallest absolute Gasteiger partial charge is 0.190 e. The van der Waals surface area contributed by atoms with Crippen molar-refractivity contribution in [2.24, 2.45) is 10.9 Å². The van der Waals surface area contributed by atoms with Crippen LogP contribution < -0.4 is 20.3 Å². The summed E-state index contributed by atoms with van der Waals surface area (Å²) in [6.45, 7) is 4.88. The highest BCUT2D eigenvalue weighted by Gasteiger charge is 2.22. The van der Waals surface area contributed by atoms with E-state index in [0.29, 0.717) is 5.92 Å². The van der Waals surface area contributed by atoms with Gasteiger partial charge in [0.1, 0.15) is 5.75 Å². The van der Waals surface area contributed by atoms with Crippen LogP contribution in [0.1, 0.15) is 17.5 Å². The van der Waals surface area contributed by atoms with Gasteiger partial charge in [-0.2, -0.15) is 0 Å². The van der Waals surface area contributed by atoms with Crippen LogP contribution in [0.25, 0.3) is 0 Å². The maximum atomic E-state index is 5.58. The highest BCUT2D eigenvalue weighted by molar-refractivity contribution is 5.79. The molecule has 4 rings (SSSR count). The van der Waals surface area contributed by atoms with Gasteiger partial charge < -0.3 is 20.3 Å². The van der Waals surface area contributed by atoms with Crippen LogP contribution in [-0.2, 0) is 12.8 Å². The first-order valence-corrected chi connectivity index (χ1v) is 10.3. The molecule has 0 amide bonds. The van der Waals surface area contributed by atoms with Crippen molar-refractivity contribution in [3.05, 3.63) is 59.7 Å². The third-order valence-electron chi connectivity index (χ3n) is 5.65. The van der Waals surface area contributed by atoms with Gasteiger partial charge in [-0.3, -0.25) is 4.99 Å². The normalized spacial score (nSPS) is 18.7. The standard InChI is InChI=1S/C23H30N4O/c1-24-23(25-12-9-18-7-8-22-20(15-18)11-14-28-22)26-16-19-10-13-27(17-19)21-5-3-2-4-6-21/h2-8,15,19H,9-14,16-17H2,1H3,(H2,24,25,26). The first-order chi connectivity index (χ1) is 13.8. The largest absolute Gasteiger partial charge is 0.493 e. The van der Waals surface area contributed by atoms with Gasteiger partial charge in [0.05, 0.1) is 6.61 Å². The predicted octanol–water partition coefficient (Wildman–Crippen LogP) is 2.86. The number of nitrogens with one attached hydrogen (secondary N) is 2. The van der Waals surface area contributed by atoms with Crippen molar-refractivity contribution in [2.45, 2.75) is 19.3 Å². The Morgan fingerprint density at radius 2 is 2.07 bits per heavy atom. The summed E-state index contributed by atoms with van der Waals surface area (Å²) in [5.41, 5.74) is 4.01. The Bertz CT molecular complexity index is 806. The topological polar surface area (TPSA) is 48.9 Å². The molecule has 0 aliphatic carbocycles. The highest BCUT2D eigenvalue weighted by atomic mass is 16.5. The van der Waals surface area contributed by atoms with Gasteiger partial charge in [0, 0.05) is 45.3 Å². The summed E-state index contributed by atoms with van der Waals surface area (Å²) in [5.74, 6) is 2.59. The molecule has 1 fully saturated rings. The zero-order valence-electron chi connectivity index (χ0n) is 16.7. The maximum absolute atomic E-state index is 5.58. The molecule has 0 spiro atoms. The first kappa shape index (κ1) is 18.7. The lowest BCUT2D eigenvalue weighted by atomic mass is 10.1. The molecule has 1 unspecified atom stereocenters. The summed E-state index contributed by atoms with van der Waals surface area (Å²) in [4.78, 5) is 6.85. The third-order valence-corrected chi connectivity index (χ3v) is 5.65. The summed E-state index contributed by atoms with van der Waals surface area (Å²) >= 11 is 0. The molecule has 2 aromatic carbocycles. The van der Waals surface area contributed by atoms with E-state index in [1.54, 1.807) is 0 Å². The molecule has 1 saturated heterocycles. The van der Waals surface area contributed by atoms with Crippen LogP contribution in [0, 0.1) is 5.92 Å². The second kappa shape index (κ2) is 9.00. The molecular weight excluding hydrogens is 348 g/mol. The summed E-state index contributed by atoms with van der Waals surface area (Å²) in [6.07, 6.45) is 3.23. The first-order valence-electron chi connectivity index (χ1n) is 10.3. The van der Waals surface area contributed by atoms with E-state index >= 15 is 0 Å². The second-order valence-electron chi connectivity index (χ2n) is 7.61. The fourth-order valence-corrected chi connectivity index (χ4v) is 4.05. The maximum Gasteiger partial charge on any atom is 0.190 e. The van der Waals surface area contributed by atoms with Crippen molar-refractivity contribution in [3.63, 3.8) is 0 Å². The number of benzene rings is 2. The van der Waals surface area contributed by atoms with E-state index in [1.807, 2.05) is 7.05 Å². The minimum absolute atomic E-state index is 0.649. The quantitative estimate of drug-likeness (QED) is 0.599. The molecule has 0 saturated carbocycles. The van der Waals surface area contributed by atoms with Crippen LogP contribution in [0.5, 0.6) is 5.75 Å². The van der Waals surface area contributed by atoms with Gasteiger partial charge in [-0.25, -0.2) is 0 Å². The number of fused-ring (bicyclic) bond motifs is 1. The Kier molecular flexibility index (Phi) is 6.00. The molecule has 28 heavy (non-hydrogen) atoms. The average molecular weight is 379 g/mol. The highest BCUT2D eigenvalue weighted by Crippen LogP contribution is 2.26. The van der Waals surface area contributed by atoms with Crippen LogP contribution in [0.15, 0.2) is 53.5 Å². The number of guanidine groups is 1. The van der Waals surface area contributed by atoms with E-state index in [9.17, 15) is 0 Å². The lowest BCUT2D eigenvalue weighted by Crippen LogP contribution is -2.41. The minimum atomic E-state index is 0.649. The lowest BCUT2D eigenvalue weighted by molar-refractivity contribution is 0.357. The number of hydrogen-bond acceptors (Lipinski definition) is 3. The van der Waals surface area contributed by atoms with Crippen molar-refractivity contribution in [1.29, 1.82) is 0 Å². The van der Waals surface area contributed by atoms with Crippen molar-refractivity contribution >= 4 is 11.6 Å². The molecular formula is C23H30N4O. The summed E-state index contributed by atoms with van der Waals surface area (Å²) in [5, 5.41) is 6.95. The van der Waals surface area contributed by atoms with Crippen molar-refractivity contribution in [2.75, 3.05) is 44.7 Å². The Hall–Kier alpha value is -2.69. The van der Waals surface area contributed by atoms with Gasteiger partial charge in [-0.1, -0.05) is 30.3 Å². The van der Waals surface area contributed by atoms with Gasteiger partial charge in [-0.15, -0.1) is 0 Å². The van der Waals surface area contributed by atoms with Crippen LogP contribution in [0.4, 0.5) is 5.69 Å². The van der Waals surface area contributed by atoms with Crippen molar-refractivity contribution in [3.8, 4) is 5.75 Å². The molecule has 2 aliphatic rings. The fraction of sp³-hybridized carbons (Fsp3) is 0.435. The van der Waals surface area contributed by atoms with E-state index in [-0.39, 0.29) is 0 Å². The number of nitrogens with zero attached hydrogens (tertiary/aromatic N) is 2. The molecule has 2 aromatic rings. The van der Waals surface area contributed by atoms with Crippen LogP contribution in [-0.4, -0.2) is 45.8 Å². The Morgan fingerprint density at radius 1 is 1.18 bits per heavy atom. The molecule has 5 nitrogen and oxygen atoms in total. The number of ether oxygens (including phenoxy) is 1. The van der Waals surface area contributed by atoms with Gasteiger partial charge in [0.15, 0.2) is 5.96 Å². The Balaban J connectivity index is 1.19. The van der Waals surface area contributed by atoms with E-state index in [0.717, 1.165) is 57.3 Å². The average Bonchev–Trinajstić information content (AvgIpc) is 3.40. The number of hydrogen-bond donors (Lipinski definition) is 2. The SMILES string of the molecule is CN=C(NCCc1ccc2c(c1)CCO2)NCC1CCN(c2ccccc2)C1. The van der Waals surface area contributed by atoms with Gasteiger partial charge >= 0.3 is 0 Å². The monoisotopic (exact) mass is 378 g/mol. The number of para-hydroxylation sites is 1. The number of rotatable bonds is 6. The van der Waals surface area contributed by atoms with E-state index in [1.165, 1.54) is 23.2 Å². The van der Waals surface area contributed by atoms with E-state index < -0.39 is 0 Å². The summed E-state index contributed by atoms with van der Waals surface area (Å²) in [7, 11) is 1.84.